The maximum absolute atomic E-state index is 12.7. The minimum atomic E-state index is -0.112. The van der Waals surface area contributed by atoms with Crippen LogP contribution < -0.4 is 4.90 Å². The molecule has 0 saturated heterocycles. The maximum Gasteiger partial charge on any atom is 0.270 e. The molecular formula is C16H14N2O2S2. The summed E-state index contributed by atoms with van der Waals surface area (Å²) in [6.07, 6.45) is 0. The molecule has 0 fully saturated rings. The van der Waals surface area contributed by atoms with Gasteiger partial charge in [-0.2, -0.15) is 0 Å². The number of amides is 1. The van der Waals surface area contributed by atoms with E-state index >= 15 is 0 Å². The third-order valence-corrected chi connectivity index (χ3v) is 5.47. The number of ketones is 1. The molecule has 0 aliphatic rings. The number of carbonyl (C=O) groups excluding carboxylic acids is 2. The number of fused-ring (bicyclic) bond motifs is 1. The van der Waals surface area contributed by atoms with Gasteiger partial charge in [0.05, 0.1) is 20.0 Å². The van der Waals surface area contributed by atoms with Crippen LogP contribution in [0.3, 0.4) is 0 Å². The number of rotatable bonds is 4. The van der Waals surface area contributed by atoms with Crippen LogP contribution in [-0.2, 0) is 0 Å². The lowest BCUT2D eigenvalue weighted by Gasteiger charge is -2.16. The second-order valence-electron chi connectivity index (χ2n) is 4.73. The van der Waals surface area contributed by atoms with Crippen LogP contribution in [0.2, 0.25) is 0 Å². The molecule has 0 atom stereocenters. The third kappa shape index (κ3) is 2.67. The van der Waals surface area contributed by atoms with E-state index in [1.54, 1.807) is 17.0 Å². The Hall–Kier alpha value is -2.05. The van der Waals surface area contributed by atoms with Crippen LogP contribution in [0.4, 0.5) is 5.13 Å². The molecule has 112 valence electrons. The van der Waals surface area contributed by atoms with Crippen molar-refractivity contribution >= 4 is 49.7 Å². The van der Waals surface area contributed by atoms with Crippen molar-refractivity contribution in [2.75, 3.05) is 11.4 Å². The molecule has 0 N–H and O–H groups in total. The number of carbonyl (C=O) groups is 2. The van der Waals surface area contributed by atoms with Crippen molar-refractivity contribution in [2.24, 2.45) is 0 Å². The van der Waals surface area contributed by atoms with Crippen LogP contribution in [0.5, 0.6) is 0 Å². The molecule has 6 heteroatoms. The molecule has 0 radical (unpaired) electrons. The molecule has 0 spiro atoms. The first-order valence-corrected chi connectivity index (χ1v) is 8.51. The van der Waals surface area contributed by atoms with Gasteiger partial charge in [-0.1, -0.05) is 23.5 Å². The molecular weight excluding hydrogens is 316 g/mol. The van der Waals surface area contributed by atoms with Crippen molar-refractivity contribution in [1.82, 2.24) is 4.98 Å². The Balaban J connectivity index is 1.95. The lowest BCUT2D eigenvalue weighted by atomic mass is 10.3. The Morgan fingerprint density at radius 2 is 1.82 bits per heavy atom. The standard InChI is InChI=1S/C16H14N2O2S2/c1-3-18(15(20)14-9-8-12(21-14)10(2)19)16-17-11-6-4-5-7-13(11)22-16/h4-9H,3H2,1-2H3. The summed E-state index contributed by atoms with van der Waals surface area (Å²) in [4.78, 5) is 31.4. The van der Waals surface area contributed by atoms with Crippen molar-refractivity contribution in [2.45, 2.75) is 13.8 Å². The summed E-state index contributed by atoms with van der Waals surface area (Å²) in [6.45, 7) is 3.96. The largest absolute Gasteiger partial charge is 0.294 e. The molecule has 2 aromatic heterocycles. The molecule has 4 nitrogen and oxygen atoms in total. The van der Waals surface area contributed by atoms with Crippen molar-refractivity contribution in [3.05, 3.63) is 46.2 Å². The summed E-state index contributed by atoms with van der Waals surface area (Å²) in [6, 6.07) is 11.2. The van der Waals surface area contributed by atoms with Crippen LogP contribution in [-0.4, -0.2) is 23.2 Å². The fourth-order valence-electron chi connectivity index (χ4n) is 2.12. The highest BCUT2D eigenvalue weighted by Crippen LogP contribution is 2.30. The van der Waals surface area contributed by atoms with Crippen LogP contribution in [0.1, 0.15) is 33.2 Å². The van der Waals surface area contributed by atoms with Gasteiger partial charge in [0.25, 0.3) is 5.91 Å². The van der Waals surface area contributed by atoms with Crippen LogP contribution in [0.25, 0.3) is 10.2 Å². The molecule has 2 heterocycles. The Kier molecular flexibility index (Phi) is 4.04. The minimum absolute atomic E-state index is 0.0212. The van der Waals surface area contributed by atoms with Gasteiger partial charge in [0, 0.05) is 6.54 Å². The average molecular weight is 330 g/mol. The highest BCUT2D eigenvalue weighted by atomic mass is 32.1. The predicted octanol–water partition coefficient (Wildman–Crippen LogP) is 4.23. The van der Waals surface area contributed by atoms with Gasteiger partial charge < -0.3 is 0 Å². The zero-order valence-corrected chi connectivity index (χ0v) is 13.8. The number of anilines is 1. The molecule has 3 rings (SSSR count). The topological polar surface area (TPSA) is 50.3 Å². The summed E-state index contributed by atoms with van der Waals surface area (Å²) in [7, 11) is 0. The Bertz CT molecular complexity index is 818. The van der Waals surface area contributed by atoms with Gasteiger partial charge in [-0.05, 0) is 38.1 Å². The fourth-order valence-corrected chi connectivity index (χ4v) is 3.99. The van der Waals surface area contributed by atoms with Gasteiger partial charge in [0.2, 0.25) is 0 Å². The van der Waals surface area contributed by atoms with Gasteiger partial charge in [-0.25, -0.2) is 4.98 Å². The van der Waals surface area contributed by atoms with Crippen molar-refractivity contribution in [3.8, 4) is 0 Å². The fraction of sp³-hybridized carbons (Fsp3) is 0.188. The predicted molar refractivity (Wildman–Crippen MR) is 91.3 cm³/mol. The van der Waals surface area contributed by atoms with E-state index in [0.717, 1.165) is 10.2 Å². The van der Waals surface area contributed by atoms with E-state index in [0.29, 0.717) is 21.4 Å². The zero-order chi connectivity index (χ0) is 15.7. The summed E-state index contributed by atoms with van der Waals surface area (Å²) < 4.78 is 1.05. The quantitative estimate of drug-likeness (QED) is 0.673. The first kappa shape index (κ1) is 14.9. The van der Waals surface area contributed by atoms with E-state index in [1.165, 1.54) is 29.6 Å². The van der Waals surface area contributed by atoms with Gasteiger partial charge >= 0.3 is 0 Å². The lowest BCUT2D eigenvalue weighted by Crippen LogP contribution is -2.29. The monoisotopic (exact) mass is 330 g/mol. The second-order valence-corrected chi connectivity index (χ2v) is 6.83. The lowest BCUT2D eigenvalue weighted by molar-refractivity contribution is 0.0990. The van der Waals surface area contributed by atoms with E-state index in [2.05, 4.69) is 4.98 Å². The number of Topliss-reactive ketones (excluding diaryl/α,β-unsaturated/α-hetero) is 1. The van der Waals surface area contributed by atoms with E-state index in [4.69, 9.17) is 0 Å². The molecule has 0 aliphatic carbocycles. The third-order valence-electron chi connectivity index (χ3n) is 3.24. The van der Waals surface area contributed by atoms with Crippen molar-refractivity contribution < 1.29 is 9.59 Å². The number of nitrogens with zero attached hydrogens (tertiary/aromatic N) is 2. The van der Waals surface area contributed by atoms with Gasteiger partial charge in [-0.15, -0.1) is 11.3 Å². The van der Waals surface area contributed by atoms with Gasteiger partial charge in [-0.3, -0.25) is 14.5 Å². The highest BCUT2D eigenvalue weighted by Gasteiger charge is 2.21. The van der Waals surface area contributed by atoms with Crippen LogP contribution >= 0.6 is 22.7 Å². The van der Waals surface area contributed by atoms with E-state index in [1.807, 2.05) is 31.2 Å². The minimum Gasteiger partial charge on any atom is -0.294 e. The SMILES string of the molecule is CCN(C(=O)c1ccc(C(C)=O)s1)c1nc2ccccc2s1. The number of hydrogen-bond donors (Lipinski definition) is 0. The van der Waals surface area contributed by atoms with Crippen molar-refractivity contribution in [1.29, 1.82) is 0 Å². The van der Waals surface area contributed by atoms with Crippen LogP contribution in [0, 0.1) is 0 Å². The molecule has 0 aliphatic heterocycles. The summed E-state index contributed by atoms with van der Waals surface area (Å²) in [5, 5.41) is 0.687. The first-order valence-electron chi connectivity index (χ1n) is 6.88. The number of thiazole rings is 1. The zero-order valence-electron chi connectivity index (χ0n) is 12.2. The Morgan fingerprint density at radius 3 is 2.45 bits per heavy atom. The Morgan fingerprint density at radius 1 is 1.09 bits per heavy atom. The Labute approximate surface area is 136 Å². The molecule has 0 unspecified atom stereocenters. The number of benzene rings is 1. The summed E-state index contributed by atoms with van der Waals surface area (Å²) >= 11 is 2.73. The van der Waals surface area contributed by atoms with Crippen molar-refractivity contribution in [3.63, 3.8) is 0 Å². The summed E-state index contributed by atoms with van der Waals surface area (Å²) in [5.74, 6) is -0.133. The number of aromatic nitrogens is 1. The highest BCUT2D eigenvalue weighted by molar-refractivity contribution is 7.22. The maximum atomic E-state index is 12.7. The normalized spacial score (nSPS) is 10.8. The molecule has 3 aromatic rings. The number of para-hydroxylation sites is 1. The first-order chi connectivity index (χ1) is 10.6. The molecule has 1 aromatic carbocycles. The molecule has 0 saturated carbocycles. The summed E-state index contributed by atoms with van der Waals surface area (Å²) in [5.41, 5.74) is 0.893. The van der Waals surface area contributed by atoms with E-state index in [-0.39, 0.29) is 11.7 Å². The van der Waals surface area contributed by atoms with Gasteiger partial charge in [0.15, 0.2) is 10.9 Å². The van der Waals surface area contributed by atoms with Crippen LogP contribution in [0.15, 0.2) is 36.4 Å². The van der Waals surface area contributed by atoms with E-state index < -0.39 is 0 Å². The number of hydrogen-bond acceptors (Lipinski definition) is 5. The van der Waals surface area contributed by atoms with E-state index in [9.17, 15) is 9.59 Å². The molecule has 1 amide bonds. The molecule has 0 bridgehead atoms. The second kappa shape index (κ2) is 5.98. The number of thiophene rings is 1. The van der Waals surface area contributed by atoms with Gasteiger partial charge in [0.1, 0.15) is 0 Å². The smallest absolute Gasteiger partial charge is 0.270 e. The average Bonchev–Trinajstić information content (AvgIpc) is 3.14. The molecule has 22 heavy (non-hydrogen) atoms.